The number of methoxy groups -OCH3 is 1. The number of carboxylic acid groups (broad SMARTS) is 1. The van der Waals surface area contributed by atoms with Crippen molar-refractivity contribution in [3.8, 4) is 0 Å². The lowest BCUT2D eigenvalue weighted by molar-refractivity contribution is -0.142. The molecule has 0 saturated heterocycles. The van der Waals surface area contributed by atoms with Crippen LogP contribution in [0.1, 0.15) is 21.6 Å². The van der Waals surface area contributed by atoms with Gasteiger partial charge in [0.1, 0.15) is 6.61 Å². The summed E-state index contributed by atoms with van der Waals surface area (Å²) in [6.07, 6.45) is 0. The van der Waals surface area contributed by atoms with E-state index in [-0.39, 0.29) is 25.7 Å². The molecule has 2 rings (SSSR count). The number of nitrogens with one attached hydrogen (secondary N) is 1. The van der Waals surface area contributed by atoms with Gasteiger partial charge in [0.2, 0.25) is 0 Å². The summed E-state index contributed by atoms with van der Waals surface area (Å²) < 4.78 is 12.3. The van der Waals surface area contributed by atoms with Gasteiger partial charge in [0.05, 0.1) is 13.2 Å². The van der Waals surface area contributed by atoms with E-state index in [0.29, 0.717) is 12.2 Å². The quantitative estimate of drug-likeness (QED) is 0.674. The minimum atomic E-state index is -1.03. The number of hydrogen-bond acceptors (Lipinski definition) is 4. The summed E-state index contributed by atoms with van der Waals surface area (Å²) in [6, 6.07) is 5.62. The van der Waals surface area contributed by atoms with Crippen LogP contribution in [-0.4, -0.2) is 55.0 Å². The summed E-state index contributed by atoms with van der Waals surface area (Å²) in [6.45, 7) is 5.55. The summed E-state index contributed by atoms with van der Waals surface area (Å²) in [5, 5.41) is 12.3. The van der Waals surface area contributed by atoms with Gasteiger partial charge in [-0.1, -0.05) is 0 Å². The van der Waals surface area contributed by atoms with Crippen molar-refractivity contribution in [3.05, 3.63) is 35.0 Å². The van der Waals surface area contributed by atoms with Crippen LogP contribution in [-0.2, 0) is 20.8 Å². The van der Waals surface area contributed by atoms with Crippen molar-refractivity contribution in [1.29, 1.82) is 0 Å². The maximum Gasteiger partial charge on any atom is 0.329 e. The van der Waals surface area contributed by atoms with E-state index in [0.717, 1.165) is 28.7 Å². The number of amides is 1. The van der Waals surface area contributed by atoms with Crippen LogP contribution < -0.4 is 5.32 Å². The van der Waals surface area contributed by atoms with E-state index < -0.39 is 5.97 Å². The SMILES string of the molecule is COCCn1c(C)c(C)c2cc(C(=O)NCCOCC(=O)O)ccc21. The van der Waals surface area contributed by atoms with Gasteiger partial charge < -0.3 is 24.5 Å². The van der Waals surface area contributed by atoms with Crippen molar-refractivity contribution in [1.82, 2.24) is 9.88 Å². The molecule has 25 heavy (non-hydrogen) atoms. The molecule has 0 atom stereocenters. The van der Waals surface area contributed by atoms with Gasteiger partial charge in [-0.2, -0.15) is 0 Å². The van der Waals surface area contributed by atoms with Crippen LogP contribution in [0, 0.1) is 13.8 Å². The predicted molar refractivity (Wildman–Crippen MR) is 94.1 cm³/mol. The summed E-state index contributed by atoms with van der Waals surface area (Å²) in [5.41, 5.74) is 3.95. The van der Waals surface area contributed by atoms with Crippen molar-refractivity contribution >= 4 is 22.8 Å². The second kappa shape index (κ2) is 8.64. The minimum absolute atomic E-state index is 0.159. The third-order valence-electron chi connectivity index (χ3n) is 4.18. The molecule has 0 aliphatic carbocycles. The number of hydrogen-bond donors (Lipinski definition) is 2. The van der Waals surface area contributed by atoms with E-state index in [1.54, 1.807) is 13.2 Å². The number of aromatic nitrogens is 1. The molecule has 0 aliphatic heterocycles. The molecule has 1 aromatic heterocycles. The zero-order valence-electron chi connectivity index (χ0n) is 14.8. The van der Waals surface area contributed by atoms with Gasteiger partial charge in [0, 0.05) is 42.4 Å². The van der Waals surface area contributed by atoms with E-state index in [1.165, 1.54) is 0 Å². The number of aryl methyl sites for hydroxylation is 1. The number of aliphatic carboxylic acids is 1. The first-order chi connectivity index (χ1) is 12.0. The average molecular weight is 348 g/mol. The average Bonchev–Trinajstić information content (AvgIpc) is 2.83. The molecule has 136 valence electrons. The van der Waals surface area contributed by atoms with Crippen molar-refractivity contribution < 1.29 is 24.2 Å². The molecule has 1 heterocycles. The predicted octanol–water partition coefficient (Wildman–Crippen LogP) is 1.74. The molecule has 0 radical (unpaired) electrons. The summed E-state index contributed by atoms with van der Waals surface area (Å²) in [4.78, 5) is 22.6. The van der Waals surface area contributed by atoms with Crippen LogP contribution >= 0.6 is 0 Å². The number of carbonyl (C=O) groups is 2. The largest absolute Gasteiger partial charge is 0.480 e. The van der Waals surface area contributed by atoms with Crippen molar-refractivity contribution in [2.75, 3.05) is 33.5 Å². The molecule has 0 bridgehead atoms. The Balaban J connectivity index is 2.08. The monoisotopic (exact) mass is 348 g/mol. The molecule has 1 aromatic carbocycles. The topological polar surface area (TPSA) is 89.8 Å². The molecule has 2 N–H and O–H groups in total. The number of ether oxygens (including phenoxy) is 2. The highest BCUT2D eigenvalue weighted by molar-refractivity contribution is 5.99. The number of rotatable bonds is 9. The van der Waals surface area contributed by atoms with Crippen molar-refractivity contribution in [2.24, 2.45) is 0 Å². The van der Waals surface area contributed by atoms with Crippen LogP contribution in [0.3, 0.4) is 0 Å². The third-order valence-corrected chi connectivity index (χ3v) is 4.18. The number of benzene rings is 1. The fourth-order valence-corrected chi connectivity index (χ4v) is 2.76. The first-order valence-electron chi connectivity index (χ1n) is 8.11. The number of fused-ring (bicyclic) bond motifs is 1. The second-order valence-corrected chi connectivity index (χ2v) is 5.79. The fraction of sp³-hybridized carbons (Fsp3) is 0.444. The van der Waals surface area contributed by atoms with Gasteiger partial charge >= 0.3 is 5.97 Å². The Labute approximate surface area is 146 Å². The smallest absolute Gasteiger partial charge is 0.329 e. The zero-order valence-corrected chi connectivity index (χ0v) is 14.8. The highest BCUT2D eigenvalue weighted by Gasteiger charge is 2.13. The molecule has 0 fully saturated rings. The Morgan fingerprint density at radius 2 is 2.00 bits per heavy atom. The Morgan fingerprint density at radius 1 is 1.24 bits per heavy atom. The Kier molecular flexibility index (Phi) is 6.55. The molecule has 1 amide bonds. The molecule has 0 spiro atoms. The first-order valence-corrected chi connectivity index (χ1v) is 8.11. The van der Waals surface area contributed by atoms with Crippen LogP contribution in [0.4, 0.5) is 0 Å². The Bertz CT molecular complexity index is 766. The normalized spacial score (nSPS) is 11.0. The third kappa shape index (κ3) is 4.58. The Hall–Kier alpha value is -2.38. The van der Waals surface area contributed by atoms with E-state index in [9.17, 15) is 9.59 Å². The first kappa shape index (κ1) is 19.0. The molecular formula is C18H24N2O5. The highest BCUT2D eigenvalue weighted by Crippen LogP contribution is 2.26. The molecule has 0 saturated carbocycles. The molecule has 7 nitrogen and oxygen atoms in total. The number of nitrogens with zero attached hydrogens (tertiary/aromatic N) is 1. The van der Waals surface area contributed by atoms with Gasteiger partial charge in [-0.3, -0.25) is 4.79 Å². The lowest BCUT2D eigenvalue weighted by atomic mass is 10.1. The maximum absolute atomic E-state index is 12.3. The molecular weight excluding hydrogens is 324 g/mol. The van der Waals surface area contributed by atoms with Gasteiger partial charge in [0.15, 0.2) is 0 Å². The standard InChI is InChI=1S/C18H24N2O5/c1-12-13(2)20(7-9-24-3)16-5-4-14(10-15(12)16)18(23)19-6-8-25-11-17(21)22/h4-5,10H,6-9,11H2,1-3H3,(H,19,23)(H,21,22). The van der Waals surface area contributed by atoms with E-state index in [4.69, 9.17) is 14.6 Å². The fourth-order valence-electron chi connectivity index (χ4n) is 2.76. The highest BCUT2D eigenvalue weighted by atomic mass is 16.5. The molecule has 0 unspecified atom stereocenters. The summed E-state index contributed by atoms with van der Waals surface area (Å²) >= 11 is 0. The van der Waals surface area contributed by atoms with Crippen LogP contribution in [0.25, 0.3) is 10.9 Å². The van der Waals surface area contributed by atoms with Gasteiger partial charge in [-0.05, 0) is 37.6 Å². The molecule has 2 aromatic rings. The minimum Gasteiger partial charge on any atom is -0.480 e. The second-order valence-electron chi connectivity index (χ2n) is 5.79. The van der Waals surface area contributed by atoms with Crippen LogP contribution in [0.2, 0.25) is 0 Å². The number of carbonyl (C=O) groups excluding carboxylic acids is 1. The van der Waals surface area contributed by atoms with Crippen LogP contribution in [0.5, 0.6) is 0 Å². The van der Waals surface area contributed by atoms with E-state index >= 15 is 0 Å². The van der Waals surface area contributed by atoms with Crippen molar-refractivity contribution in [3.63, 3.8) is 0 Å². The Morgan fingerprint density at radius 3 is 2.68 bits per heavy atom. The van der Waals surface area contributed by atoms with E-state index in [2.05, 4.69) is 16.8 Å². The summed E-state index contributed by atoms with van der Waals surface area (Å²) in [7, 11) is 1.68. The maximum atomic E-state index is 12.3. The van der Waals surface area contributed by atoms with E-state index in [1.807, 2.05) is 19.1 Å². The van der Waals surface area contributed by atoms with Gasteiger partial charge in [-0.15, -0.1) is 0 Å². The van der Waals surface area contributed by atoms with Gasteiger partial charge in [0.25, 0.3) is 5.91 Å². The summed E-state index contributed by atoms with van der Waals surface area (Å²) in [5.74, 6) is -1.23. The van der Waals surface area contributed by atoms with Crippen LogP contribution in [0.15, 0.2) is 18.2 Å². The van der Waals surface area contributed by atoms with Crippen molar-refractivity contribution in [2.45, 2.75) is 20.4 Å². The number of carboxylic acids is 1. The lowest BCUT2D eigenvalue weighted by Crippen LogP contribution is -2.27. The molecule has 7 heteroatoms. The lowest BCUT2D eigenvalue weighted by Gasteiger charge is -2.08. The zero-order chi connectivity index (χ0) is 18.4. The van der Waals surface area contributed by atoms with Gasteiger partial charge in [-0.25, -0.2) is 4.79 Å². The molecule has 0 aliphatic rings.